The Hall–Kier alpha value is -3.68. The number of benzene rings is 2. The van der Waals surface area contributed by atoms with Gasteiger partial charge in [0.05, 0.1) is 32.3 Å². The van der Waals surface area contributed by atoms with Crippen LogP contribution < -0.4 is 14.2 Å². The van der Waals surface area contributed by atoms with Crippen molar-refractivity contribution in [2.75, 3.05) is 14.2 Å². The van der Waals surface area contributed by atoms with Gasteiger partial charge in [0.15, 0.2) is 11.5 Å². The van der Waals surface area contributed by atoms with Crippen LogP contribution in [0.2, 0.25) is 0 Å². The van der Waals surface area contributed by atoms with E-state index in [-0.39, 0.29) is 12.4 Å². The average molecular weight is 426 g/mol. The number of cyclic esters (lactones) is 1. The molecule has 0 saturated heterocycles. The molecule has 162 valence electrons. The molecule has 0 unspecified atom stereocenters. The molecule has 1 aliphatic heterocycles. The zero-order valence-corrected chi connectivity index (χ0v) is 17.9. The van der Waals surface area contributed by atoms with Crippen molar-refractivity contribution in [2.45, 2.75) is 33.0 Å². The van der Waals surface area contributed by atoms with Crippen LogP contribution in [-0.4, -0.2) is 31.9 Å². The van der Waals surface area contributed by atoms with Crippen LogP contribution >= 0.6 is 0 Å². The number of hydrogen-bond donors (Lipinski definition) is 0. The highest BCUT2D eigenvalue weighted by Gasteiger charge is 2.34. The van der Waals surface area contributed by atoms with Gasteiger partial charge in [0.25, 0.3) is 0 Å². The second-order valence-electron chi connectivity index (χ2n) is 7.97. The van der Waals surface area contributed by atoms with Gasteiger partial charge in [0.2, 0.25) is 0 Å². The number of hydrogen-bond acceptors (Lipinski definition) is 8. The molecular formula is C23H22O8. The van der Waals surface area contributed by atoms with Crippen LogP contribution in [0, 0.1) is 0 Å². The predicted octanol–water partition coefficient (Wildman–Crippen LogP) is 5.10. The smallest absolute Gasteiger partial charge is 0.493 e. The Balaban J connectivity index is 2.04. The fourth-order valence-corrected chi connectivity index (χ4v) is 3.59. The molecule has 4 rings (SSSR count). The normalized spacial score (nSPS) is 13.0. The van der Waals surface area contributed by atoms with E-state index in [1.807, 2.05) is 0 Å². The van der Waals surface area contributed by atoms with Gasteiger partial charge in [0.1, 0.15) is 18.0 Å². The first-order chi connectivity index (χ1) is 14.7. The highest BCUT2D eigenvalue weighted by molar-refractivity contribution is 6.14. The summed E-state index contributed by atoms with van der Waals surface area (Å²) in [6, 6.07) is 5.16. The van der Waals surface area contributed by atoms with Crippen molar-refractivity contribution >= 4 is 22.9 Å². The summed E-state index contributed by atoms with van der Waals surface area (Å²) in [6.07, 6.45) is 2.16. The van der Waals surface area contributed by atoms with E-state index in [1.54, 1.807) is 39.0 Å². The van der Waals surface area contributed by atoms with Crippen LogP contribution in [-0.2, 0) is 16.1 Å². The molecule has 0 radical (unpaired) electrons. The van der Waals surface area contributed by atoms with Crippen molar-refractivity contribution in [2.24, 2.45) is 0 Å². The minimum Gasteiger partial charge on any atom is -0.493 e. The summed E-state index contributed by atoms with van der Waals surface area (Å²) in [5.41, 5.74) is 1.28. The van der Waals surface area contributed by atoms with E-state index in [0.29, 0.717) is 44.5 Å². The molecule has 31 heavy (non-hydrogen) atoms. The van der Waals surface area contributed by atoms with Crippen molar-refractivity contribution in [3.63, 3.8) is 0 Å². The third-order valence-electron chi connectivity index (χ3n) is 4.80. The number of carbonyl (C=O) groups is 2. The Labute approximate surface area is 178 Å². The molecule has 0 atom stereocenters. The molecular weight excluding hydrogens is 404 g/mol. The Morgan fingerprint density at radius 3 is 2.29 bits per heavy atom. The van der Waals surface area contributed by atoms with E-state index in [1.165, 1.54) is 26.7 Å². The second kappa shape index (κ2) is 7.54. The van der Waals surface area contributed by atoms with Gasteiger partial charge in [-0.1, -0.05) is 0 Å². The molecule has 0 amide bonds. The molecule has 2 heterocycles. The number of furan rings is 1. The Kier molecular flexibility index (Phi) is 5.00. The monoisotopic (exact) mass is 426 g/mol. The van der Waals surface area contributed by atoms with Crippen LogP contribution in [0.5, 0.6) is 17.2 Å². The van der Waals surface area contributed by atoms with Crippen LogP contribution in [0.25, 0.3) is 21.9 Å². The van der Waals surface area contributed by atoms with Gasteiger partial charge in [-0.15, -0.1) is 0 Å². The number of fused-ring (bicyclic) bond motifs is 2. The fourth-order valence-electron chi connectivity index (χ4n) is 3.59. The predicted molar refractivity (Wildman–Crippen MR) is 111 cm³/mol. The molecule has 8 heteroatoms. The first kappa shape index (κ1) is 20.6. The lowest BCUT2D eigenvalue weighted by molar-refractivity contribution is 0.0206. The third-order valence-corrected chi connectivity index (χ3v) is 4.80. The zero-order chi connectivity index (χ0) is 22.3. The molecule has 1 aromatic heterocycles. The summed E-state index contributed by atoms with van der Waals surface area (Å²) < 4.78 is 32.4. The van der Waals surface area contributed by atoms with Crippen molar-refractivity contribution in [3.05, 3.63) is 41.9 Å². The van der Waals surface area contributed by atoms with Gasteiger partial charge in [-0.25, -0.2) is 9.59 Å². The Bertz CT molecular complexity index is 1170. The number of ether oxygens (including phenoxy) is 5. The maximum absolute atomic E-state index is 12.7. The Morgan fingerprint density at radius 2 is 1.71 bits per heavy atom. The van der Waals surface area contributed by atoms with Crippen molar-refractivity contribution in [1.82, 2.24) is 0 Å². The van der Waals surface area contributed by atoms with Crippen LogP contribution in [0.1, 0.15) is 36.7 Å². The highest BCUT2D eigenvalue weighted by atomic mass is 16.7. The number of methoxy groups -OCH3 is 2. The van der Waals surface area contributed by atoms with Gasteiger partial charge in [-0.2, -0.15) is 0 Å². The first-order valence-electron chi connectivity index (χ1n) is 9.58. The Morgan fingerprint density at radius 1 is 1.03 bits per heavy atom. The minimum absolute atomic E-state index is 0.0402. The molecule has 0 fully saturated rings. The molecule has 0 N–H and O–H groups in total. The molecule has 8 nitrogen and oxygen atoms in total. The summed E-state index contributed by atoms with van der Waals surface area (Å²) in [6.45, 7) is 5.17. The van der Waals surface area contributed by atoms with Crippen molar-refractivity contribution < 1.29 is 37.7 Å². The fraction of sp³-hybridized carbons (Fsp3) is 0.304. The van der Waals surface area contributed by atoms with E-state index >= 15 is 0 Å². The maximum Gasteiger partial charge on any atom is 0.514 e. The molecule has 0 spiro atoms. The molecule has 2 aromatic carbocycles. The van der Waals surface area contributed by atoms with Gasteiger partial charge >= 0.3 is 12.1 Å². The second-order valence-corrected chi connectivity index (χ2v) is 7.97. The van der Waals surface area contributed by atoms with Crippen LogP contribution in [0.15, 0.2) is 35.1 Å². The van der Waals surface area contributed by atoms with Crippen LogP contribution in [0.3, 0.4) is 0 Å². The van der Waals surface area contributed by atoms with E-state index in [0.717, 1.165) is 0 Å². The molecule has 3 aromatic rings. The van der Waals surface area contributed by atoms with Gasteiger partial charge in [-0.3, -0.25) is 0 Å². The summed E-state index contributed by atoms with van der Waals surface area (Å²) in [5.74, 6) is 0.553. The van der Waals surface area contributed by atoms with Crippen molar-refractivity contribution in [1.29, 1.82) is 0 Å². The molecule has 0 saturated carbocycles. The molecule has 1 aliphatic rings. The number of esters is 1. The molecule has 0 bridgehead atoms. The van der Waals surface area contributed by atoms with E-state index in [4.69, 9.17) is 28.1 Å². The van der Waals surface area contributed by atoms with Crippen molar-refractivity contribution in [3.8, 4) is 28.4 Å². The standard InChI is InChI=1S/C23H22O8/c1-23(2,3)31-22(25)30-20-14-9-17(27-5)16(26-4)8-13(14)18(12-6-7-28-10-12)19-15(20)11-29-21(19)24/h6-10H,11H2,1-5H3. The minimum atomic E-state index is -0.888. The van der Waals surface area contributed by atoms with E-state index in [2.05, 4.69) is 0 Å². The number of rotatable bonds is 4. The average Bonchev–Trinajstić information content (AvgIpc) is 3.36. The summed E-state index contributed by atoms with van der Waals surface area (Å²) >= 11 is 0. The summed E-state index contributed by atoms with van der Waals surface area (Å²) in [7, 11) is 3.02. The van der Waals surface area contributed by atoms with Gasteiger partial charge in [0, 0.05) is 22.1 Å². The first-order valence-corrected chi connectivity index (χ1v) is 9.58. The number of carbonyl (C=O) groups excluding carboxylic acids is 2. The van der Waals surface area contributed by atoms with E-state index < -0.39 is 17.7 Å². The van der Waals surface area contributed by atoms with E-state index in [9.17, 15) is 9.59 Å². The highest BCUT2D eigenvalue weighted by Crippen LogP contribution is 2.48. The largest absolute Gasteiger partial charge is 0.514 e. The lowest BCUT2D eigenvalue weighted by atomic mass is 9.90. The SMILES string of the molecule is COc1cc2c(OC(=O)OC(C)(C)C)c3c(c(-c4ccoc4)c2cc1OC)C(=O)OC3. The molecule has 0 aliphatic carbocycles. The zero-order valence-electron chi connectivity index (χ0n) is 17.9. The third kappa shape index (κ3) is 3.65. The lowest BCUT2D eigenvalue weighted by Gasteiger charge is -2.21. The van der Waals surface area contributed by atoms with Gasteiger partial charge in [-0.05, 0) is 44.4 Å². The van der Waals surface area contributed by atoms with Crippen LogP contribution in [0.4, 0.5) is 4.79 Å². The topological polar surface area (TPSA) is 93.4 Å². The quantitative estimate of drug-likeness (QED) is 0.420. The summed E-state index contributed by atoms with van der Waals surface area (Å²) in [5, 5.41) is 1.15. The maximum atomic E-state index is 12.7. The summed E-state index contributed by atoms with van der Waals surface area (Å²) in [4.78, 5) is 25.2. The van der Waals surface area contributed by atoms with Gasteiger partial charge < -0.3 is 28.1 Å². The lowest BCUT2D eigenvalue weighted by Crippen LogP contribution is -2.26.